The van der Waals surface area contributed by atoms with Crippen LogP contribution >= 0.6 is 0 Å². The summed E-state index contributed by atoms with van der Waals surface area (Å²) in [6.45, 7) is 9.65. The summed E-state index contributed by atoms with van der Waals surface area (Å²) >= 11 is 0. The van der Waals surface area contributed by atoms with Gasteiger partial charge in [0.1, 0.15) is 0 Å². The predicted molar refractivity (Wildman–Crippen MR) is 64.4 cm³/mol. The zero-order valence-corrected chi connectivity index (χ0v) is 10.6. The molecule has 0 heteroatoms. The van der Waals surface area contributed by atoms with Gasteiger partial charge in [-0.1, -0.05) is 59.8 Å². The van der Waals surface area contributed by atoms with Gasteiger partial charge < -0.3 is 0 Å². The average Bonchev–Trinajstić information content (AvgIpc) is 2.92. The van der Waals surface area contributed by atoms with Gasteiger partial charge in [0.05, 0.1) is 0 Å². The third-order valence-corrected chi connectivity index (χ3v) is 4.55. The smallest absolute Gasteiger partial charge is 0.0297 e. The lowest BCUT2D eigenvalue weighted by molar-refractivity contribution is 0.219. The lowest BCUT2D eigenvalue weighted by atomic mass is 9.77. The SMILES string of the molecule is CCCCCC(CC)C(C)C1(C)CC1. The summed E-state index contributed by atoms with van der Waals surface area (Å²) in [6, 6.07) is 0. The fraction of sp³-hybridized carbons (Fsp3) is 1.00. The number of rotatable bonds is 7. The van der Waals surface area contributed by atoms with Crippen molar-refractivity contribution >= 4 is 0 Å². The number of hydrogen-bond donors (Lipinski definition) is 0. The van der Waals surface area contributed by atoms with Gasteiger partial charge in [-0.15, -0.1) is 0 Å². The molecule has 0 nitrogen and oxygen atoms in total. The molecule has 1 fully saturated rings. The van der Waals surface area contributed by atoms with Crippen molar-refractivity contribution in [2.24, 2.45) is 17.3 Å². The van der Waals surface area contributed by atoms with E-state index in [0.717, 1.165) is 17.3 Å². The molecule has 0 heterocycles. The van der Waals surface area contributed by atoms with E-state index in [4.69, 9.17) is 0 Å². The molecule has 0 radical (unpaired) electrons. The van der Waals surface area contributed by atoms with E-state index >= 15 is 0 Å². The Balaban J connectivity index is 2.29. The van der Waals surface area contributed by atoms with Gasteiger partial charge in [0.25, 0.3) is 0 Å². The van der Waals surface area contributed by atoms with Gasteiger partial charge in [0, 0.05) is 0 Å². The van der Waals surface area contributed by atoms with E-state index in [2.05, 4.69) is 27.7 Å². The fourth-order valence-corrected chi connectivity index (χ4v) is 2.69. The second-order valence-corrected chi connectivity index (χ2v) is 5.61. The Morgan fingerprint density at radius 2 is 1.79 bits per heavy atom. The Morgan fingerprint density at radius 1 is 1.14 bits per heavy atom. The standard InChI is InChI=1S/C14H28/c1-5-7-8-9-13(6-2)12(3)14(4)10-11-14/h12-13H,5-11H2,1-4H3. The Morgan fingerprint density at radius 3 is 2.21 bits per heavy atom. The summed E-state index contributed by atoms with van der Waals surface area (Å²) in [5.41, 5.74) is 0.729. The van der Waals surface area contributed by atoms with Crippen LogP contribution in [-0.2, 0) is 0 Å². The van der Waals surface area contributed by atoms with Crippen LogP contribution in [0.25, 0.3) is 0 Å². The van der Waals surface area contributed by atoms with Crippen LogP contribution in [0.5, 0.6) is 0 Å². The number of hydrogen-bond acceptors (Lipinski definition) is 0. The van der Waals surface area contributed by atoms with E-state index in [1.54, 1.807) is 0 Å². The minimum Gasteiger partial charge on any atom is -0.0654 e. The van der Waals surface area contributed by atoms with Crippen molar-refractivity contribution < 1.29 is 0 Å². The van der Waals surface area contributed by atoms with Gasteiger partial charge in [-0.05, 0) is 30.1 Å². The van der Waals surface area contributed by atoms with E-state index < -0.39 is 0 Å². The van der Waals surface area contributed by atoms with Gasteiger partial charge in [-0.25, -0.2) is 0 Å². The van der Waals surface area contributed by atoms with Crippen LogP contribution in [-0.4, -0.2) is 0 Å². The molecule has 0 aromatic carbocycles. The van der Waals surface area contributed by atoms with Gasteiger partial charge in [-0.2, -0.15) is 0 Å². The molecule has 0 aromatic heterocycles. The molecule has 0 amide bonds. The Labute approximate surface area is 90.5 Å². The second-order valence-electron chi connectivity index (χ2n) is 5.61. The lowest BCUT2D eigenvalue weighted by Gasteiger charge is -2.28. The molecule has 0 aromatic rings. The largest absolute Gasteiger partial charge is 0.0654 e. The van der Waals surface area contributed by atoms with Crippen molar-refractivity contribution in [3.8, 4) is 0 Å². The minimum absolute atomic E-state index is 0.729. The van der Waals surface area contributed by atoms with Crippen molar-refractivity contribution in [2.45, 2.75) is 72.6 Å². The maximum Gasteiger partial charge on any atom is -0.0297 e. The molecule has 0 saturated heterocycles. The average molecular weight is 196 g/mol. The van der Waals surface area contributed by atoms with Crippen LogP contribution in [0.1, 0.15) is 72.6 Å². The van der Waals surface area contributed by atoms with Crippen LogP contribution in [0.15, 0.2) is 0 Å². The van der Waals surface area contributed by atoms with Crippen LogP contribution in [0.3, 0.4) is 0 Å². The molecule has 0 aliphatic heterocycles. The highest BCUT2D eigenvalue weighted by molar-refractivity contribution is 4.94. The lowest BCUT2D eigenvalue weighted by Crippen LogP contribution is -2.19. The van der Waals surface area contributed by atoms with Gasteiger partial charge in [0.2, 0.25) is 0 Å². The quantitative estimate of drug-likeness (QED) is 0.501. The van der Waals surface area contributed by atoms with Gasteiger partial charge in [0.15, 0.2) is 0 Å². The normalized spacial score (nSPS) is 23.1. The summed E-state index contributed by atoms with van der Waals surface area (Å²) in [7, 11) is 0. The van der Waals surface area contributed by atoms with Crippen molar-refractivity contribution in [1.29, 1.82) is 0 Å². The molecule has 1 saturated carbocycles. The van der Waals surface area contributed by atoms with Crippen LogP contribution in [0.4, 0.5) is 0 Å². The molecule has 2 atom stereocenters. The maximum absolute atomic E-state index is 2.49. The zero-order valence-electron chi connectivity index (χ0n) is 10.6. The fourth-order valence-electron chi connectivity index (χ4n) is 2.69. The monoisotopic (exact) mass is 196 g/mol. The second kappa shape index (κ2) is 5.19. The third-order valence-electron chi connectivity index (χ3n) is 4.55. The summed E-state index contributed by atoms with van der Waals surface area (Å²) in [5.74, 6) is 1.96. The van der Waals surface area contributed by atoms with Crippen LogP contribution < -0.4 is 0 Å². The first-order valence-corrected chi connectivity index (χ1v) is 6.64. The highest BCUT2D eigenvalue weighted by Gasteiger charge is 2.44. The minimum atomic E-state index is 0.729. The Bertz CT molecular complexity index is 155. The third kappa shape index (κ3) is 3.00. The molecule has 0 bridgehead atoms. The summed E-state index contributed by atoms with van der Waals surface area (Å²) in [5, 5.41) is 0. The zero-order chi connectivity index (χ0) is 10.6. The first-order valence-electron chi connectivity index (χ1n) is 6.64. The van der Waals surface area contributed by atoms with E-state index in [0.29, 0.717) is 0 Å². The summed E-state index contributed by atoms with van der Waals surface area (Å²) < 4.78 is 0. The molecular formula is C14H28. The molecular weight excluding hydrogens is 168 g/mol. The Kier molecular flexibility index (Phi) is 4.47. The molecule has 2 unspecified atom stereocenters. The molecule has 1 rings (SSSR count). The summed E-state index contributed by atoms with van der Waals surface area (Å²) in [6.07, 6.45) is 10.1. The highest BCUT2D eigenvalue weighted by atomic mass is 14.5. The molecule has 14 heavy (non-hydrogen) atoms. The van der Waals surface area contributed by atoms with E-state index in [1.165, 1.54) is 44.9 Å². The van der Waals surface area contributed by atoms with E-state index in [-0.39, 0.29) is 0 Å². The first-order chi connectivity index (χ1) is 6.64. The molecule has 1 aliphatic carbocycles. The van der Waals surface area contributed by atoms with Gasteiger partial charge >= 0.3 is 0 Å². The van der Waals surface area contributed by atoms with E-state index in [9.17, 15) is 0 Å². The van der Waals surface area contributed by atoms with Crippen LogP contribution in [0, 0.1) is 17.3 Å². The van der Waals surface area contributed by atoms with E-state index in [1.807, 2.05) is 0 Å². The number of unbranched alkanes of at least 4 members (excludes halogenated alkanes) is 2. The topological polar surface area (TPSA) is 0 Å². The van der Waals surface area contributed by atoms with Gasteiger partial charge in [-0.3, -0.25) is 0 Å². The first kappa shape index (κ1) is 12.1. The molecule has 0 spiro atoms. The highest BCUT2D eigenvalue weighted by Crippen LogP contribution is 2.54. The Hall–Kier alpha value is 0. The summed E-state index contributed by atoms with van der Waals surface area (Å²) in [4.78, 5) is 0. The van der Waals surface area contributed by atoms with Crippen LogP contribution in [0.2, 0.25) is 0 Å². The predicted octanol–water partition coefficient (Wildman–Crippen LogP) is 5.03. The molecule has 84 valence electrons. The van der Waals surface area contributed by atoms with Crippen molar-refractivity contribution in [1.82, 2.24) is 0 Å². The maximum atomic E-state index is 2.49. The van der Waals surface area contributed by atoms with Crippen molar-refractivity contribution in [3.63, 3.8) is 0 Å². The molecule has 1 aliphatic rings. The molecule has 0 N–H and O–H groups in total. The van der Waals surface area contributed by atoms with Crippen molar-refractivity contribution in [2.75, 3.05) is 0 Å². The van der Waals surface area contributed by atoms with Crippen molar-refractivity contribution in [3.05, 3.63) is 0 Å².